The molecule has 1 fully saturated rings. The lowest BCUT2D eigenvalue weighted by Gasteiger charge is -2.27. The molecule has 0 bridgehead atoms. The number of amides is 1. The van der Waals surface area contributed by atoms with Crippen LogP contribution in [0.4, 0.5) is 0 Å². The number of pyridine rings is 1. The number of likely N-dealkylation sites (tertiary alicyclic amines) is 1. The van der Waals surface area contributed by atoms with Crippen LogP contribution < -0.4 is 0 Å². The summed E-state index contributed by atoms with van der Waals surface area (Å²) >= 11 is 0. The Labute approximate surface area is 135 Å². The lowest BCUT2D eigenvalue weighted by molar-refractivity contribution is 0.0670. The van der Waals surface area contributed by atoms with Gasteiger partial charge in [0.1, 0.15) is 0 Å². The lowest BCUT2D eigenvalue weighted by Crippen LogP contribution is -2.35. The molecule has 2 aromatic rings. The van der Waals surface area contributed by atoms with E-state index in [1.165, 1.54) is 0 Å². The summed E-state index contributed by atoms with van der Waals surface area (Å²) in [4.78, 5) is 23.3. The average Bonchev–Trinajstić information content (AvgIpc) is 2.94. The molecular formula is C17H22N4O2. The van der Waals surface area contributed by atoms with E-state index >= 15 is 0 Å². The van der Waals surface area contributed by atoms with E-state index in [9.17, 15) is 4.79 Å². The summed E-state index contributed by atoms with van der Waals surface area (Å²) in [7, 11) is 0. The Morgan fingerprint density at radius 2 is 2.04 bits per heavy atom. The second-order valence-electron chi connectivity index (χ2n) is 6.25. The van der Waals surface area contributed by atoms with Gasteiger partial charge < -0.3 is 9.42 Å². The molecule has 1 amide bonds. The first kappa shape index (κ1) is 15.6. The maximum absolute atomic E-state index is 12.9. The lowest BCUT2D eigenvalue weighted by atomic mass is 10.1. The zero-order chi connectivity index (χ0) is 16.2. The highest BCUT2D eigenvalue weighted by Crippen LogP contribution is 2.30. The van der Waals surface area contributed by atoms with Crippen LogP contribution in [0.15, 0.2) is 29.0 Å². The number of carbonyl (C=O) groups is 1. The first-order chi connectivity index (χ1) is 11.2. The van der Waals surface area contributed by atoms with Crippen LogP contribution in [0.2, 0.25) is 0 Å². The Morgan fingerprint density at radius 1 is 1.26 bits per heavy atom. The first-order valence-electron chi connectivity index (χ1n) is 8.21. The van der Waals surface area contributed by atoms with Crippen molar-refractivity contribution in [2.24, 2.45) is 0 Å². The van der Waals surface area contributed by atoms with Gasteiger partial charge in [0.05, 0.1) is 6.04 Å². The van der Waals surface area contributed by atoms with Crippen LogP contribution in [0.1, 0.15) is 73.6 Å². The number of aromatic nitrogens is 3. The second kappa shape index (κ2) is 6.89. The maximum Gasteiger partial charge on any atom is 0.254 e. The van der Waals surface area contributed by atoms with Crippen LogP contribution in [-0.4, -0.2) is 32.5 Å². The van der Waals surface area contributed by atoms with Gasteiger partial charge in [-0.25, -0.2) is 0 Å². The summed E-state index contributed by atoms with van der Waals surface area (Å²) < 4.78 is 5.34. The van der Waals surface area contributed by atoms with Crippen molar-refractivity contribution in [3.05, 3.63) is 41.8 Å². The molecular weight excluding hydrogens is 292 g/mol. The molecule has 1 unspecified atom stereocenters. The van der Waals surface area contributed by atoms with Crippen molar-refractivity contribution in [1.82, 2.24) is 20.0 Å². The van der Waals surface area contributed by atoms with Crippen molar-refractivity contribution < 1.29 is 9.32 Å². The van der Waals surface area contributed by atoms with Crippen molar-refractivity contribution in [3.63, 3.8) is 0 Å². The standard InChI is InChI=1S/C17H22N4O2/c1-12(2)16-19-15(20-23-16)14-6-4-3-5-11-21(14)17(22)13-7-9-18-10-8-13/h7-10,12,14H,3-6,11H2,1-2H3. The topological polar surface area (TPSA) is 72.1 Å². The van der Waals surface area contributed by atoms with Crippen LogP contribution >= 0.6 is 0 Å². The monoisotopic (exact) mass is 314 g/mol. The van der Waals surface area contributed by atoms with E-state index in [1.807, 2.05) is 18.7 Å². The van der Waals surface area contributed by atoms with Gasteiger partial charge in [-0.3, -0.25) is 9.78 Å². The Bertz CT molecular complexity index is 654. The van der Waals surface area contributed by atoms with Gasteiger partial charge in [-0.05, 0) is 25.0 Å². The van der Waals surface area contributed by atoms with Gasteiger partial charge >= 0.3 is 0 Å². The van der Waals surface area contributed by atoms with E-state index in [2.05, 4.69) is 15.1 Å². The molecule has 1 aliphatic heterocycles. The van der Waals surface area contributed by atoms with E-state index in [1.54, 1.807) is 24.5 Å². The molecule has 0 aromatic carbocycles. The SMILES string of the molecule is CC(C)c1nc(C2CCCCCN2C(=O)c2ccncc2)no1. The zero-order valence-electron chi connectivity index (χ0n) is 13.6. The summed E-state index contributed by atoms with van der Waals surface area (Å²) in [5, 5.41) is 4.14. The molecule has 0 radical (unpaired) electrons. The first-order valence-corrected chi connectivity index (χ1v) is 8.21. The van der Waals surface area contributed by atoms with Gasteiger partial charge in [-0.15, -0.1) is 0 Å². The van der Waals surface area contributed by atoms with Gasteiger partial charge in [0.25, 0.3) is 5.91 Å². The molecule has 6 nitrogen and oxygen atoms in total. The molecule has 1 aliphatic rings. The average molecular weight is 314 g/mol. The second-order valence-corrected chi connectivity index (χ2v) is 6.25. The zero-order valence-corrected chi connectivity index (χ0v) is 13.6. The Balaban J connectivity index is 1.89. The van der Waals surface area contributed by atoms with Crippen molar-refractivity contribution in [1.29, 1.82) is 0 Å². The van der Waals surface area contributed by atoms with Crippen molar-refractivity contribution in [3.8, 4) is 0 Å². The van der Waals surface area contributed by atoms with E-state index in [0.29, 0.717) is 17.3 Å². The molecule has 2 aromatic heterocycles. The molecule has 0 spiro atoms. The Kier molecular flexibility index (Phi) is 4.69. The van der Waals surface area contributed by atoms with Crippen LogP contribution in [0.25, 0.3) is 0 Å². The third kappa shape index (κ3) is 3.41. The molecule has 6 heteroatoms. The van der Waals surface area contributed by atoms with Crippen LogP contribution in [0, 0.1) is 0 Å². The fraction of sp³-hybridized carbons (Fsp3) is 0.529. The van der Waals surface area contributed by atoms with Crippen molar-refractivity contribution in [2.75, 3.05) is 6.54 Å². The summed E-state index contributed by atoms with van der Waals surface area (Å²) in [6.45, 7) is 4.76. The highest BCUT2D eigenvalue weighted by atomic mass is 16.5. The van der Waals surface area contributed by atoms with Crippen LogP contribution in [0.5, 0.6) is 0 Å². The van der Waals surface area contributed by atoms with Gasteiger partial charge in [0.15, 0.2) is 5.82 Å². The fourth-order valence-corrected chi connectivity index (χ4v) is 2.90. The van der Waals surface area contributed by atoms with Crippen LogP contribution in [-0.2, 0) is 0 Å². The molecule has 1 atom stereocenters. The number of hydrogen-bond acceptors (Lipinski definition) is 5. The molecule has 23 heavy (non-hydrogen) atoms. The minimum Gasteiger partial charge on any atom is -0.339 e. The Morgan fingerprint density at radius 3 is 2.74 bits per heavy atom. The highest BCUT2D eigenvalue weighted by molar-refractivity contribution is 5.94. The summed E-state index contributed by atoms with van der Waals surface area (Å²) in [6.07, 6.45) is 7.34. The minimum atomic E-state index is -0.116. The molecule has 0 N–H and O–H groups in total. The molecule has 122 valence electrons. The number of rotatable bonds is 3. The minimum absolute atomic E-state index is 0.00944. The molecule has 0 saturated carbocycles. The summed E-state index contributed by atoms with van der Waals surface area (Å²) in [5.41, 5.74) is 0.652. The maximum atomic E-state index is 12.9. The molecule has 1 saturated heterocycles. The van der Waals surface area contributed by atoms with Gasteiger partial charge in [-0.1, -0.05) is 31.8 Å². The largest absolute Gasteiger partial charge is 0.339 e. The quantitative estimate of drug-likeness (QED) is 0.868. The third-order valence-electron chi connectivity index (χ3n) is 4.19. The summed E-state index contributed by atoms with van der Waals surface area (Å²) in [5.74, 6) is 1.44. The number of nitrogens with zero attached hydrogens (tertiary/aromatic N) is 4. The predicted octanol–water partition coefficient (Wildman–Crippen LogP) is 3.35. The molecule has 3 heterocycles. The van der Waals surface area contributed by atoms with Gasteiger partial charge in [0.2, 0.25) is 5.89 Å². The van der Waals surface area contributed by atoms with E-state index < -0.39 is 0 Å². The Hall–Kier alpha value is -2.24. The summed E-state index contributed by atoms with van der Waals surface area (Å²) in [6, 6.07) is 3.38. The third-order valence-corrected chi connectivity index (χ3v) is 4.19. The molecule has 0 aliphatic carbocycles. The van der Waals surface area contributed by atoms with E-state index in [4.69, 9.17) is 4.52 Å². The van der Waals surface area contributed by atoms with Gasteiger partial charge in [0, 0.05) is 30.4 Å². The van der Waals surface area contributed by atoms with E-state index in [-0.39, 0.29) is 17.9 Å². The van der Waals surface area contributed by atoms with Crippen molar-refractivity contribution in [2.45, 2.75) is 51.5 Å². The van der Waals surface area contributed by atoms with Crippen LogP contribution in [0.3, 0.4) is 0 Å². The number of carbonyl (C=O) groups excluding carboxylic acids is 1. The molecule has 3 rings (SSSR count). The highest BCUT2D eigenvalue weighted by Gasteiger charge is 2.31. The number of hydrogen-bond donors (Lipinski definition) is 0. The normalized spacial score (nSPS) is 18.9. The van der Waals surface area contributed by atoms with Crippen molar-refractivity contribution >= 4 is 5.91 Å². The van der Waals surface area contributed by atoms with E-state index in [0.717, 1.165) is 32.2 Å². The smallest absolute Gasteiger partial charge is 0.254 e. The van der Waals surface area contributed by atoms with Gasteiger partial charge in [-0.2, -0.15) is 4.98 Å². The predicted molar refractivity (Wildman–Crippen MR) is 84.9 cm³/mol. The fourth-order valence-electron chi connectivity index (χ4n) is 2.90.